The Bertz CT molecular complexity index is 928. The third-order valence-corrected chi connectivity index (χ3v) is 7.09. The molecule has 0 unspecified atom stereocenters. The van der Waals surface area contributed by atoms with Gasteiger partial charge in [-0.05, 0) is 64.3 Å². The maximum absolute atomic E-state index is 13.6. The monoisotopic (exact) mass is 511 g/mol. The number of hydrogen-bond donors (Lipinski definition) is 0. The molecule has 0 aromatic heterocycles. The average molecular weight is 512 g/mol. The van der Waals surface area contributed by atoms with E-state index in [9.17, 15) is 22.8 Å². The molecule has 0 bridgehead atoms. The molecule has 2 heterocycles. The first kappa shape index (κ1) is 26.6. The molecule has 36 heavy (non-hydrogen) atoms. The molecule has 1 aromatic rings. The Hall–Kier alpha value is -2.49. The van der Waals surface area contributed by atoms with Crippen molar-refractivity contribution in [3.8, 4) is 5.75 Å². The molecule has 0 spiro atoms. The molecular formula is C26H36F3N3O4. The number of carbonyl (C=O) groups is 2. The number of halogens is 3. The molecule has 3 fully saturated rings. The lowest BCUT2D eigenvalue weighted by atomic mass is 9.91. The Labute approximate surface area is 210 Å². The minimum absolute atomic E-state index is 0.119. The van der Waals surface area contributed by atoms with Gasteiger partial charge >= 0.3 is 12.3 Å². The highest BCUT2D eigenvalue weighted by atomic mass is 19.4. The Kier molecular flexibility index (Phi) is 7.73. The van der Waals surface area contributed by atoms with Crippen LogP contribution < -0.4 is 4.74 Å². The molecule has 2 atom stereocenters. The molecule has 0 N–H and O–H groups in total. The molecule has 1 aromatic carbocycles. The Morgan fingerprint density at radius 3 is 2.22 bits per heavy atom. The minimum Gasteiger partial charge on any atom is -0.488 e. The highest BCUT2D eigenvalue weighted by molar-refractivity contribution is 5.86. The number of rotatable bonds is 4. The van der Waals surface area contributed by atoms with Crippen molar-refractivity contribution in [3.05, 3.63) is 29.8 Å². The topological polar surface area (TPSA) is 62.3 Å². The Balaban J connectivity index is 1.45. The van der Waals surface area contributed by atoms with E-state index in [0.717, 1.165) is 31.6 Å². The van der Waals surface area contributed by atoms with Gasteiger partial charge in [0.1, 0.15) is 23.5 Å². The molecule has 0 radical (unpaired) electrons. The van der Waals surface area contributed by atoms with Crippen LogP contribution >= 0.6 is 0 Å². The molecule has 200 valence electrons. The summed E-state index contributed by atoms with van der Waals surface area (Å²) >= 11 is 0. The fraction of sp³-hybridized carbons (Fsp3) is 0.692. The van der Waals surface area contributed by atoms with Gasteiger partial charge in [0.15, 0.2) is 0 Å². The zero-order valence-corrected chi connectivity index (χ0v) is 21.2. The number of likely N-dealkylation sites (tertiary alicyclic amines) is 1. The van der Waals surface area contributed by atoms with E-state index in [1.807, 2.05) is 4.90 Å². The van der Waals surface area contributed by atoms with Crippen LogP contribution in [0.4, 0.5) is 18.0 Å². The third-order valence-electron chi connectivity index (χ3n) is 7.09. The van der Waals surface area contributed by atoms with Crippen molar-refractivity contribution >= 4 is 12.0 Å². The van der Waals surface area contributed by atoms with Crippen molar-refractivity contribution in [2.24, 2.45) is 0 Å². The molecule has 2 aliphatic heterocycles. The number of carbonyl (C=O) groups excluding carboxylic acids is 2. The normalized spacial score (nSPS) is 24.3. The Morgan fingerprint density at radius 1 is 0.944 bits per heavy atom. The van der Waals surface area contributed by atoms with E-state index in [4.69, 9.17) is 9.47 Å². The van der Waals surface area contributed by atoms with Crippen LogP contribution in [0.2, 0.25) is 0 Å². The van der Waals surface area contributed by atoms with Gasteiger partial charge in [-0.1, -0.05) is 6.42 Å². The lowest BCUT2D eigenvalue weighted by molar-refractivity contribution is -0.137. The van der Waals surface area contributed by atoms with E-state index in [2.05, 4.69) is 4.90 Å². The molecular weight excluding hydrogens is 475 g/mol. The number of hydrogen-bond acceptors (Lipinski definition) is 5. The number of ether oxygens (including phenoxy) is 2. The molecule has 7 nitrogen and oxygen atoms in total. The summed E-state index contributed by atoms with van der Waals surface area (Å²) in [5, 5.41) is 0. The lowest BCUT2D eigenvalue weighted by Crippen LogP contribution is -2.50. The SMILES string of the molecule is CC(C)(C)OC(=O)N1C[C@@H](Oc2ccc(C(F)(F)F)cc2)C[C@@H]1C(=O)N1CCCN(C2CCC2)CC1. The molecule has 4 rings (SSSR count). The summed E-state index contributed by atoms with van der Waals surface area (Å²) in [6.45, 7) is 8.43. The van der Waals surface area contributed by atoms with Gasteiger partial charge in [-0.15, -0.1) is 0 Å². The van der Waals surface area contributed by atoms with E-state index >= 15 is 0 Å². The van der Waals surface area contributed by atoms with Crippen LogP contribution in [0.1, 0.15) is 58.4 Å². The van der Waals surface area contributed by atoms with Crippen molar-refractivity contribution in [2.75, 3.05) is 32.7 Å². The highest BCUT2D eigenvalue weighted by Crippen LogP contribution is 2.32. The minimum atomic E-state index is -4.43. The molecule has 2 amide bonds. The van der Waals surface area contributed by atoms with Crippen LogP contribution in [0.25, 0.3) is 0 Å². The molecule has 3 aliphatic rings. The van der Waals surface area contributed by atoms with E-state index in [1.165, 1.54) is 36.3 Å². The van der Waals surface area contributed by atoms with Gasteiger partial charge in [0, 0.05) is 38.6 Å². The van der Waals surface area contributed by atoms with E-state index in [1.54, 1.807) is 20.8 Å². The predicted octanol–water partition coefficient (Wildman–Crippen LogP) is 4.55. The van der Waals surface area contributed by atoms with Crippen LogP contribution in [0.5, 0.6) is 5.75 Å². The fourth-order valence-electron chi connectivity index (χ4n) is 5.04. The molecule has 2 saturated heterocycles. The van der Waals surface area contributed by atoms with Crippen molar-refractivity contribution in [3.63, 3.8) is 0 Å². The summed E-state index contributed by atoms with van der Waals surface area (Å²) in [5.41, 5.74) is -1.50. The van der Waals surface area contributed by atoms with E-state index < -0.39 is 35.6 Å². The summed E-state index contributed by atoms with van der Waals surface area (Å²) in [4.78, 5) is 32.3. The van der Waals surface area contributed by atoms with Gasteiger partial charge in [0.2, 0.25) is 5.91 Å². The van der Waals surface area contributed by atoms with Gasteiger partial charge in [0.25, 0.3) is 0 Å². The van der Waals surface area contributed by atoms with Crippen molar-refractivity contribution < 1.29 is 32.2 Å². The highest BCUT2D eigenvalue weighted by Gasteiger charge is 2.44. The molecule has 1 aliphatic carbocycles. The number of nitrogens with zero attached hydrogens (tertiary/aromatic N) is 3. The van der Waals surface area contributed by atoms with E-state index in [-0.39, 0.29) is 24.6 Å². The average Bonchev–Trinajstić information content (AvgIpc) is 3.02. The third kappa shape index (κ3) is 6.44. The van der Waals surface area contributed by atoms with Crippen molar-refractivity contribution in [1.29, 1.82) is 0 Å². The predicted molar refractivity (Wildman–Crippen MR) is 128 cm³/mol. The first-order valence-electron chi connectivity index (χ1n) is 12.8. The first-order valence-corrected chi connectivity index (χ1v) is 12.8. The second-order valence-corrected chi connectivity index (χ2v) is 10.9. The van der Waals surface area contributed by atoms with Crippen LogP contribution in [-0.4, -0.2) is 83.2 Å². The van der Waals surface area contributed by atoms with Gasteiger partial charge in [-0.25, -0.2) is 4.79 Å². The summed E-state index contributed by atoms with van der Waals surface area (Å²) in [5.74, 6) is 0.131. The van der Waals surface area contributed by atoms with Crippen LogP contribution in [-0.2, 0) is 15.7 Å². The van der Waals surface area contributed by atoms with Crippen LogP contribution in [0.3, 0.4) is 0 Å². The first-order chi connectivity index (χ1) is 16.9. The van der Waals surface area contributed by atoms with Gasteiger partial charge in [0.05, 0.1) is 12.1 Å². The summed E-state index contributed by atoms with van der Waals surface area (Å²) in [7, 11) is 0. The zero-order valence-electron chi connectivity index (χ0n) is 21.2. The zero-order chi connectivity index (χ0) is 26.1. The maximum atomic E-state index is 13.6. The largest absolute Gasteiger partial charge is 0.488 e. The summed E-state index contributed by atoms with van der Waals surface area (Å²) in [6, 6.07) is 4.33. The lowest BCUT2D eigenvalue weighted by Gasteiger charge is -2.37. The summed E-state index contributed by atoms with van der Waals surface area (Å²) in [6.07, 6.45) is -0.742. The van der Waals surface area contributed by atoms with Gasteiger partial charge in [-0.3, -0.25) is 14.6 Å². The molecule has 10 heteroatoms. The van der Waals surface area contributed by atoms with E-state index in [0.29, 0.717) is 19.1 Å². The second kappa shape index (κ2) is 10.5. The van der Waals surface area contributed by atoms with Crippen LogP contribution in [0.15, 0.2) is 24.3 Å². The maximum Gasteiger partial charge on any atom is 0.416 e. The van der Waals surface area contributed by atoms with Crippen molar-refractivity contribution in [1.82, 2.24) is 14.7 Å². The summed E-state index contributed by atoms with van der Waals surface area (Å²) < 4.78 is 50.2. The Morgan fingerprint density at radius 2 is 1.64 bits per heavy atom. The smallest absolute Gasteiger partial charge is 0.416 e. The fourth-order valence-corrected chi connectivity index (χ4v) is 5.04. The number of amides is 2. The van der Waals surface area contributed by atoms with Crippen LogP contribution in [0, 0.1) is 0 Å². The van der Waals surface area contributed by atoms with Gasteiger partial charge in [-0.2, -0.15) is 13.2 Å². The number of benzene rings is 1. The standard InChI is InChI=1S/C26H36F3N3O4/c1-25(2,3)36-24(34)32-17-21(35-20-10-8-18(9-11-20)26(27,28)29)16-22(32)23(33)31-13-5-12-30(14-15-31)19-6-4-7-19/h8-11,19,21-22H,4-7,12-17H2,1-3H3/t21-,22+/m0/s1. The van der Waals surface area contributed by atoms with Crippen molar-refractivity contribution in [2.45, 2.75) is 82.8 Å². The number of alkyl halides is 3. The quantitative estimate of drug-likeness (QED) is 0.594. The molecule has 1 saturated carbocycles. The van der Waals surface area contributed by atoms with Gasteiger partial charge < -0.3 is 14.4 Å². The second-order valence-electron chi connectivity index (χ2n) is 10.9.